The number of amides is 1. The Balaban J connectivity index is 1.59. The third-order valence-corrected chi connectivity index (χ3v) is 5.32. The van der Waals surface area contributed by atoms with Gasteiger partial charge in [-0.15, -0.1) is 11.3 Å². The third-order valence-electron chi connectivity index (χ3n) is 4.22. The summed E-state index contributed by atoms with van der Waals surface area (Å²) in [4.78, 5) is 18.8. The van der Waals surface area contributed by atoms with Gasteiger partial charge in [0.25, 0.3) is 0 Å². The second-order valence-corrected chi connectivity index (χ2v) is 7.37. The third kappa shape index (κ3) is 3.82. The number of hydrogen-bond acceptors (Lipinski definition) is 3. The molecule has 0 spiro atoms. The molecule has 0 N–H and O–H groups in total. The number of rotatable bonds is 5. The van der Waals surface area contributed by atoms with Crippen LogP contribution in [0.2, 0.25) is 0 Å². The molecule has 0 atom stereocenters. The molecule has 124 valence electrons. The fourth-order valence-electron chi connectivity index (χ4n) is 2.80. The van der Waals surface area contributed by atoms with Crippen molar-refractivity contribution < 1.29 is 4.79 Å². The summed E-state index contributed by atoms with van der Waals surface area (Å²) >= 11 is 1.68. The van der Waals surface area contributed by atoms with Gasteiger partial charge in [-0.25, -0.2) is 4.98 Å². The maximum Gasteiger partial charge on any atom is 0.223 e. The van der Waals surface area contributed by atoms with E-state index in [4.69, 9.17) is 0 Å². The predicted octanol–water partition coefficient (Wildman–Crippen LogP) is 4.50. The number of aryl methyl sites for hydroxylation is 3. The second-order valence-electron chi connectivity index (χ2n) is 6.26. The maximum absolute atomic E-state index is 12.4. The van der Waals surface area contributed by atoms with Crippen molar-refractivity contribution in [3.8, 4) is 0 Å². The van der Waals surface area contributed by atoms with E-state index in [1.165, 1.54) is 21.4 Å². The lowest BCUT2D eigenvalue weighted by Gasteiger charge is -2.18. The van der Waals surface area contributed by atoms with Crippen molar-refractivity contribution in [3.05, 3.63) is 64.2 Å². The van der Waals surface area contributed by atoms with Gasteiger partial charge in [-0.1, -0.05) is 35.9 Å². The van der Waals surface area contributed by atoms with Gasteiger partial charge < -0.3 is 4.90 Å². The molecule has 3 rings (SSSR count). The lowest BCUT2D eigenvalue weighted by atomic mass is 10.1. The van der Waals surface area contributed by atoms with E-state index < -0.39 is 0 Å². The van der Waals surface area contributed by atoms with E-state index in [1.807, 2.05) is 30.1 Å². The van der Waals surface area contributed by atoms with Gasteiger partial charge in [0.05, 0.1) is 15.2 Å². The molecule has 0 fully saturated rings. The molecule has 0 aliphatic carbocycles. The summed E-state index contributed by atoms with van der Waals surface area (Å²) in [5.74, 6) is 0.161. The Labute approximate surface area is 147 Å². The first-order valence-corrected chi connectivity index (χ1v) is 8.99. The first-order valence-electron chi connectivity index (χ1n) is 8.17. The summed E-state index contributed by atoms with van der Waals surface area (Å²) < 4.78 is 1.18. The molecule has 0 aliphatic heterocycles. The highest BCUT2D eigenvalue weighted by molar-refractivity contribution is 7.18. The van der Waals surface area contributed by atoms with Gasteiger partial charge in [0.15, 0.2) is 0 Å². The molecule has 0 radical (unpaired) electrons. The normalized spacial score (nSPS) is 11.0. The van der Waals surface area contributed by atoms with Gasteiger partial charge in [-0.3, -0.25) is 4.79 Å². The quantitative estimate of drug-likeness (QED) is 0.686. The fourth-order valence-corrected chi connectivity index (χ4v) is 3.77. The molecule has 2 aromatic carbocycles. The Morgan fingerprint density at radius 1 is 1.17 bits per heavy atom. The molecule has 0 saturated heterocycles. The van der Waals surface area contributed by atoms with Crippen molar-refractivity contribution in [2.45, 2.75) is 33.2 Å². The Morgan fingerprint density at radius 2 is 1.96 bits per heavy atom. The van der Waals surface area contributed by atoms with Crippen molar-refractivity contribution in [1.29, 1.82) is 0 Å². The van der Waals surface area contributed by atoms with Crippen LogP contribution in [0.4, 0.5) is 0 Å². The molecular weight excluding hydrogens is 316 g/mol. The van der Waals surface area contributed by atoms with Gasteiger partial charge in [0.2, 0.25) is 5.91 Å². The van der Waals surface area contributed by atoms with Crippen LogP contribution in [0.15, 0.2) is 42.5 Å². The summed E-state index contributed by atoms with van der Waals surface area (Å²) in [6.45, 7) is 4.84. The van der Waals surface area contributed by atoms with Crippen LogP contribution in [0, 0.1) is 13.8 Å². The molecule has 4 heteroatoms. The molecule has 1 amide bonds. The number of para-hydroxylation sites is 1. The van der Waals surface area contributed by atoms with Crippen LogP contribution in [-0.4, -0.2) is 22.8 Å². The Bertz CT molecular complexity index is 836. The SMILES string of the molecule is Cc1ccc(CN(C)C(=O)CCc2nc3ccccc3s2)c(C)c1. The molecule has 0 saturated carbocycles. The van der Waals surface area contributed by atoms with Crippen LogP contribution in [0.1, 0.15) is 28.1 Å². The average Bonchev–Trinajstić information content (AvgIpc) is 2.98. The van der Waals surface area contributed by atoms with Gasteiger partial charge in [0.1, 0.15) is 0 Å². The molecule has 24 heavy (non-hydrogen) atoms. The van der Waals surface area contributed by atoms with Crippen LogP contribution < -0.4 is 0 Å². The van der Waals surface area contributed by atoms with E-state index in [9.17, 15) is 4.79 Å². The Kier molecular flexibility index (Phi) is 4.95. The first-order chi connectivity index (χ1) is 11.5. The van der Waals surface area contributed by atoms with E-state index >= 15 is 0 Å². The predicted molar refractivity (Wildman–Crippen MR) is 100 cm³/mol. The summed E-state index contributed by atoms with van der Waals surface area (Å²) in [5, 5.41) is 1.03. The largest absolute Gasteiger partial charge is 0.341 e. The lowest BCUT2D eigenvalue weighted by molar-refractivity contribution is -0.130. The number of benzene rings is 2. The molecule has 0 aliphatic rings. The number of fused-ring (bicyclic) bond motifs is 1. The van der Waals surface area contributed by atoms with Crippen LogP contribution in [0.5, 0.6) is 0 Å². The smallest absolute Gasteiger partial charge is 0.223 e. The Hall–Kier alpha value is -2.20. The van der Waals surface area contributed by atoms with Crippen molar-refractivity contribution in [2.24, 2.45) is 0 Å². The summed E-state index contributed by atoms with van der Waals surface area (Å²) in [6, 6.07) is 14.5. The number of carbonyl (C=O) groups excluding carboxylic acids is 1. The van der Waals surface area contributed by atoms with E-state index in [0.717, 1.165) is 10.5 Å². The second kappa shape index (κ2) is 7.14. The minimum absolute atomic E-state index is 0.161. The summed E-state index contributed by atoms with van der Waals surface area (Å²) in [6.07, 6.45) is 1.20. The van der Waals surface area contributed by atoms with E-state index in [-0.39, 0.29) is 5.91 Å². The van der Waals surface area contributed by atoms with E-state index in [0.29, 0.717) is 19.4 Å². The minimum atomic E-state index is 0.161. The van der Waals surface area contributed by atoms with Crippen LogP contribution >= 0.6 is 11.3 Å². The number of aromatic nitrogens is 1. The molecule has 0 bridgehead atoms. The van der Waals surface area contributed by atoms with Crippen LogP contribution in [-0.2, 0) is 17.8 Å². The first kappa shape index (κ1) is 16.7. The molecule has 1 aromatic heterocycles. The molecule has 3 nitrogen and oxygen atoms in total. The van der Waals surface area contributed by atoms with Gasteiger partial charge in [0, 0.05) is 26.4 Å². The topological polar surface area (TPSA) is 33.2 Å². The molecule has 1 heterocycles. The van der Waals surface area contributed by atoms with Gasteiger partial charge in [-0.05, 0) is 37.1 Å². The summed E-state index contributed by atoms with van der Waals surface area (Å²) in [7, 11) is 1.87. The average molecular weight is 338 g/mol. The minimum Gasteiger partial charge on any atom is -0.341 e. The van der Waals surface area contributed by atoms with Crippen molar-refractivity contribution >= 4 is 27.5 Å². The molecular formula is C20H22N2OS. The van der Waals surface area contributed by atoms with Gasteiger partial charge in [-0.2, -0.15) is 0 Å². The zero-order valence-corrected chi connectivity index (χ0v) is 15.2. The number of hydrogen-bond donors (Lipinski definition) is 0. The fraction of sp³-hybridized carbons (Fsp3) is 0.300. The molecule has 0 unspecified atom stereocenters. The zero-order chi connectivity index (χ0) is 17.1. The number of carbonyl (C=O) groups is 1. The highest BCUT2D eigenvalue weighted by Gasteiger charge is 2.12. The standard InChI is InChI=1S/C20H22N2OS/c1-14-8-9-16(15(2)12-14)13-22(3)20(23)11-10-19-21-17-6-4-5-7-18(17)24-19/h4-9,12H,10-11,13H2,1-3H3. The van der Waals surface area contributed by atoms with Crippen LogP contribution in [0.25, 0.3) is 10.2 Å². The monoisotopic (exact) mass is 338 g/mol. The summed E-state index contributed by atoms with van der Waals surface area (Å²) in [5.41, 5.74) is 4.71. The van der Waals surface area contributed by atoms with E-state index in [2.05, 4.69) is 43.1 Å². The maximum atomic E-state index is 12.4. The van der Waals surface area contributed by atoms with Gasteiger partial charge >= 0.3 is 0 Å². The highest BCUT2D eigenvalue weighted by atomic mass is 32.1. The van der Waals surface area contributed by atoms with E-state index in [1.54, 1.807) is 11.3 Å². The van der Waals surface area contributed by atoms with Crippen molar-refractivity contribution in [1.82, 2.24) is 9.88 Å². The Morgan fingerprint density at radius 3 is 2.71 bits per heavy atom. The molecule has 3 aromatic rings. The zero-order valence-electron chi connectivity index (χ0n) is 14.4. The number of nitrogens with zero attached hydrogens (tertiary/aromatic N) is 2. The van der Waals surface area contributed by atoms with Crippen LogP contribution in [0.3, 0.4) is 0 Å². The number of thiazole rings is 1. The lowest BCUT2D eigenvalue weighted by Crippen LogP contribution is -2.26. The van der Waals surface area contributed by atoms with Crippen molar-refractivity contribution in [3.63, 3.8) is 0 Å². The highest BCUT2D eigenvalue weighted by Crippen LogP contribution is 2.22. The van der Waals surface area contributed by atoms with Crippen molar-refractivity contribution in [2.75, 3.05) is 7.05 Å².